The summed E-state index contributed by atoms with van der Waals surface area (Å²) >= 11 is 0. The molecule has 1 saturated heterocycles. The van der Waals surface area contributed by atoms with Gasteiger partial charge in [-0.1, -0.05) is 0 Å². The Morgan fingerprint density at radius 2 is 2.04 bits per heavy atom. The van der Waals surface area contributed by atoms with E-state index >= 15 is 0 Å². The molecule has 3 aromatic rings. The van der Waals surface area contributed by atoms with E-state index in [1.165, 1.54) is 0 Å². The highest BCUT2D eigenvalue weighted by Gasteiger charge is 2.26. The lowest BCUT2D eigenvalue weighted by atomic mass is 9.92. The van der Waals surface area contributed by atoms with E-state index in [1.54, 1.807) is 23.3 Å². The highest BCUT2D eigenvalue weighted by Crippen LogP contribution is 2.28. The zero-order valence-electron chi connectivity index (χ0n) is 13.6. The highest BCUT2D eigenvalue weighted by atomic mass is 16.2. The maximum atomic E-state index is 12.5. The van der Waals surface area contributed by atoms with Crippen LogP contribution in [0.15, 0.2) is 43.0 Å². The Kier molecular flexibility index (Phi) is 3.72. The van der Waals surface area contributed by atoms with E-state index in [0.29, 0.717) is 11.6 Å². The zero-order chi connectivity index (χ0) is 16.5. The number of carbonyl (C=O) groups is 1. The summed E-state index contributed by atoms with van der Waals surface area (Å²) in [6, 6.07) is 8.12. The monoisotopic (exact) mass is 321 g/mol. The number of hydrogen-bond donors (Lipinski definition) is 0. The van der Waals surface area contributed by atoms with Gasteiger partial charge >= 0.3 is 0 Å². The molecule has 1 fully saturated rings. The first-order chi connectivity index (χ1) is 11.7. The van der Waals surface area contributed by atoms with Crippen molar-refractivity contribution in [2.24, 2.45) is 7.05 Å². The third kappa shape index (κ3) is 2.64. The number of nitrogens with zero attached hydrogens (tertiary/aromatic N) is 5. The number of likely N-dealkylation sites (tertiary alicyclic amines) is 1. The molecule has 122 valence electrons. The number of carbonyl (C=O) groups excluding carboxylic acids is 1. The van der Waals surface area contributed by atoms with E-state index in [1.807, 2.05) is 24.1 Å². The summed E-state index contributed by atoms with van der Waals surface area (Å²) in [6.07, 6.45) is 6.91. The van der Waals surface area contributed by atoms with Gasteiger partial charge in [0.25, 0.3) is 5.91 Å². The molecule has 0 unspecified atom stereocenters. The lowest BCUT2D eigenvalue weighted by molar-refractivity contribution is 0.0702. The van der Waals surface area contributed by atoms with Gasteiger partial charge < -0.3 is 9.47 Å². The Morgan fingerprint density at radius 3 is 2.79 bits per heavy atom. The predicted octanol–water partition coefficient (Wildman–Crippen LogP) is 2.38. The summed E-state index contributed by atoms with van der Waals surface area (Å²) in [7, 11) is 1.85. The van der Waals surface area contributed by atoms with Crippen molar-refractivity contribution >= 4 is 16.9 Å². The molecule has 0 radical (unpaired) electrons. The Labute approximate surface area is 140 Å². The van der Waals surface area contributed by atoms with Gasteiger partial charge in [0, 0.05) is 43.3 Å². The Morgan fingerprint density at radius 1 is 1.21 bits per heavy atom. The highest BCUT2D eigenvalue weighted by molar-refractivity contribution is 5.92. The minimum Gasteiger partial charge on any atom is -0.337 e. The number of piperidine rings is 1. The topological polar surface area (TPSA) is 63.9 Å². The second-order valence-corrected chi connectivity index (χ2v) is 6.24. The molecular weight excluding hydrogens is 302 g/mol. The van der Waals surface area contributed by atoms with Gasteiger partial charge in [-0.05, 0) is 37.1 Å². The van der Waals surface area contributed by atoms with Crippen LogP contribution in [-0.4, -0.2) is 43.4 Å². The summed E-state index contributed by atoms with van der Waals surface area (Å²) in [5.41, 5.74) is 2.51. The van der Waals surface area contributed by atoms with Crippen LogP contribution in [0.1, 0.15) is 34.9 Å². The van der Waals surface area contributed by atoms with Gasteiger partial charge in [-0.3, -0.25) is 4.79 Å². The zero-order valence-corrected chi connectivity index (χ0v) is 13.6. The van der Waals surface area contributed by atoms with E-state index in [2.05, 4.69) is 22.1 Å². The molecule has 3 aromatic heterocycles. The van der Waals surface area contributed by atoms with Gasteiger partial charge in [0.15, 0.2) is 5.65 Å². The van der Waals surface area contributed by atoms with E-state index in [4.69, 9.17) is 4.98 Å². The molecule has 0 saturated carbocycles. The van der Waals surface area contributed by atoms with Crippen molar-refractivity contribution in [1.82, 2.24) is 24.4 Å². The number of hydrogen-bond acceptors (Lipinski definition) is 4. The first-order valence-electron chi connectivity index (χ1n) is 8.19. The van der Waals surface area contributed by atoms with Crippen molar-refractivity contribution in [2.45, 2.75) is 18.8 Å². The predicted molar refractivity (Wildman–Crippen MR) is 90.6 cm³/mol. The van der Waals surface area contributed by atoms with E-state index in [0.717, 1.165) is 42.7 Å². The van der Waals surface area contributed by atoms with Crippen LogP contribution in [0.4, 0.5) is 0 Å². The van der Waals surface area contributed by atoms with Gasteiger partial charge in [0.2, 0.25) is 0 Å². The molecule has 1 aliphatic rings. The molecule has 0 spiro atoms. The Hall–Kier alpha value is -2.76. The molecule has 4 heterocycles. The summed E-state index contributed by atoms with van der Waals surface area (Å²) < 4.78 is 1.77. The lowest BCUT2D eigenvalue weighted by Gasteiger charge is -2.31. The van der Waals surface area contributed by atoms with Crippen LogP contribution in [0.3, 0.4) is 0 Å². The van der Waals surface area contributed by atoms with Crippen LogP contribution in [0, 0.1) is 0 Å². The van der Waals surface area contributed by atoms with Crippen LogP contribution in [-0.2, 0) is 7.05 Å². The Balaban J connectivity index is 1.47. The van der Waals surface area contributed by atoms with Gasteiger partial charge in [-0.25, -0.2) is 15.0 Å². The van der Waals surface area contributed by atoms with Crippen molar-refractivity contribution in [3.63, 3.8) is 0 Å². The molecule has 6 nitrogen and oxygen atoms in total. The third-order valence-electron chi connectivity index (χ3n) is 4.72. The molecule has 1 aliphatic heterocycles. The lowest BCUT2D eigenvalue weighted by Crippen LogP contribution is -2.38. The number of aryl methyl sites for hydroxylation is 1. The van der Waals surface area contributed by atoms with Crippen molar-refractivity contribution < 1.29 is 4.79 Å². The van der Waals surface area contributed by atoms with Gasteiger partial charge in [0.1, 0.15) is 5.69 Å². The number of imidazole rings is 1. The normalized spacial score (nSPS) is 15.8. The van der Waals surface area contributed by atoms with E-state index in [9.17, 15) is 4.79 Å². The molecule has 0 atom stereocenters. The smallest absolute Gasteiger partial charge is 0.272 e. The molecule has 0 aliphatic carbocycles. The fourth-order valence-electron chi connectivity index (χ4n) is 3.30. The summed E-state index contributed by atoms with van der Waals surface area (Å²) in [6.45, 7) is 1.49. The molecule has 4 rings (SSSR count). The number of rotatable bonds is 2. The number of amides is 1. The quantitative estimate of drug-likeness (QED) is 0.727. The average molecular weight is 321 g/mol. The molecular formula is C18H19N5O. The van der Waals surface area contributed by atoms with Crippen LogP contribution in [0.2, 0.25) is 0 Å². The average Bonchev–Trinajstić information content (AvgIpc) is 3.07. The minimum absolute atomic E-state index is 0.0570. The van der Waals surface area contributed by atoms with Crippen molar-refractivity contribution in [2.75, 3.05) is 13.1 Å². The summed E-state index contributed by atoms with van der Waals surface area (Å²) in [5.74, 6) is 0.439. The minimum atomic E-state index is 0.0570. The SMILES string of the molecule is Cn1cncc1C(=O)N1CCC(c2ccc3cccnc3n2)CC1. The van der Waals surface area contributed by atoms with Crippen molar-refractivity contribution in [3.05, 3.63) is 54.4 Å². The number of aromatic nitrogens is 4. The second-order valence-electron chi connectivity index (χ2n) is 6.24. The largest absolute Gasteiger partial charge is 0.337 e. The van der Waals surface area contributed by atoms with Crippen LogP contribution >= 0.6 is 0 Å². The van der Waals surface area contributed by atoms with Crippen LogP contribution in [0.25, 0.3) is 11.0 Å². The van der Waals surface area contributed by atoms with Crippen molar-refractivity contribution in [3.8, 4) is 0 Å². The van der Waals surface area contributed by atoms with Crippen molar-refractivity contribution in [1.29, 1.82) is 0 Å². The van der Waals surface area contributed by atoms with Gasteiger partial charge in [-0.2, -0.15) is 0 Å². The fourth-order valence-corrected chi connectivity index (χ4v) is 3.30. The third-order valence-corrected chi connectivity index (χ3v) is 4.72. The molecule has 0 aromatic carbocycles. The molecule has 0 N–H and O–H groups in total. The summed E-state index contributed by atoms with van der Waals surface area (Å²) in [4.78, 5) is 27.5. The van der Waals surface area contributed by atoms with E-state index in [-0.39, 0.29) is 5.91 Å². The summed E-state index contributed by atoms with van der Waals surface area (Å²) in [5, 5.41) is 1.06. The first-order valence-corrected chi connectivity index (χ1v) is 8.19. The van der Waals surface area contributed by atoms with Crippen LogP contribution in [0.5, 0.6) is 0 Å². The number of pyridine rings is 2. The molecule has 24 heavy (non-hydrogen) atoms. The van der Waals surface area contributed by atoms with Gasteiger partial charge in [0.05, 0.1) is 12.5 Å². The fraction of sp³-hybridized carbons (Fsp3) is 0.333. The first kappa shape index (κ1) is 14.8. The Bertz CT molecular complexity index is 880. The molecule has 0 bridgehead atoms. The van der Waals surface area contributed by atoms with Gasteiger partial charge in [-0.15, -0.1) is 0 Å². The standard InChI is InChI=1S/C18H19N5O/c1-22-12-19-11-16(22)18(24)23-9-6-13(7-10-23)15-5-4-14-3-2-8-20-17(14)21-15/h2-5,8,11-13H,6-7,9-10H2,1H3. The van der Waals surface area contributed by atoms with E-state index < -0.39 is 0 Å². The number of fused-ring (bicyclic) bond motifs is 1. The molecule has 1 amide bonds. The maximum absolute atomic E-state index is 12.5. The maximum Gasteiger partial charge on any atom is 0.272 e. The van der Waals surface area contributed by atoms with Crippen LogP contribution < -0.4 is 0 Å². The second kappa shape index (κ2) is 6.03. The molecule has 6 heteroatoms.